The Morgan fingerprint density at radius 3 is 2.55 bits per heavy atom. The van der Waals surface area contributed by atoms with Crippen molar-refractivity contribution in [1.82, 2.24) is 29.6 Å². The van der Waals surface area contributed by atoms with Crippen LogP contribution < -0.4 is 4.90 Å². The van der Waals surface area contributed by atoms with Gasteiger partial charge in [-0.15, -0.1) is 15.0 Å². The number of pyridine rings is 1. The number of anilines is 1. The lowest BCUT2D eigenvalue weighted by atomic mass is 10.2. The fraction of sp³-hybridized carbons (Fsp3) is 0.318. The highest BCUT2D eigenvalue weighted by Gasteiger charge is 2.33. The van der Waals surface area contributed by atoms with E-state index in [1.807, 2.05) is 39.1 Å². The van der Waals surface area contributed by atoms with Crippen molar-refractivity contribution in [2.45, 2.75) is 27.7 Å². The van der Waals surface area contributed by atoms with Crippen LogP contribution in [0.5, 0.6) is 0 Å². The third-order valence-corrected chi connectivity index (χ3v) is 5.31. The number of hydrogen-bond donors (Lipinski definition) is 0. The predicted molar refractivity (Wildman–Crippen MR) is 127 cm³/mol. The van der Waals surface area contributed by atoms with Gasteiger partial charge in [0, 0.05) is 25.8 Å². The van der Waals surface area contributed by atoms with Gasteiger partial charge in [-0.05, 0) is 58.3 Å². The number of rotatable bonds is 6. The van der Waals surface area contributed by atoms with Crippen LogP contribution in [0.2, 0.25) is 0 Å². The van der Waals surface area contributed by atoms with Crippen LogP contribution >= 0.6 is 0 Å². The lowest BCUT2D eigenvalue weighted by molar-refractivity contribution is -0.111. The quantitative estimate of drug-likeness (QED) is 0.538. The molecule has 0 N–H and O–H groups in total. The standard InChI is InChI=1S/C22H24N10O/c1-7-23-22(33)19-18(25-15-10-11-17(24-14(15)5)31(8-2)9-3)21-26-20(29-32(21)28-19)16-12-13(4)30(6)27-16/h10-12H,1,8-9H2,2-6H3. The Hall–Kier alpha value is -4.24. The number of nitrogens with zero attached hydrogens (tertiary/aromatic N) is 10. The van der Waals surface area contributed by atoms with E-state index in [1.165, 1.54) is 4.79 Å². The zero-order valence-corrected chi connectivity index (χ0v) is 19.2. The van der Waals surface area contributed by atoms with Gasteiger partial charge in [0.1, 0.15) is 17.2 Å². The number of carbonyl (C=O) groups excluding carboxylic acids is 1. The Kier molecular flexibility index (Phi) is 5.80. The molecule has 33 heavy (non-hydrogen) atoms. The summed E-state index contributed by atoms with van der Waals surface area (Å²) in [6.45, 7) is 13.0. The maximum Gasteiger partial charge on any atom is 0.307 e. The van der Waals surface area contributed by atoms with Crippen LogP contribution in [0.3, 0.4) is 0 Å². The predicted octanol–water partition coefficient (Wildman–Crippen LogP) is 2.26. The second kappa shape index (κ2) is 8.71. The van der Waals surface area contributed by atoms with E-state index in [-0.39, 0.29) is 11.4 Å². The minimum atomic E-state index is -0.628. The molecule has 0 fully saturated rings. The summed E-state index contributed by atoms with van der Waals surface area (Å²) in [5.74, 6) is 3.19. The maximum atomic E-state index is 12.5. The van der Waals surface area contributed by atoms with E-state index in [2.05, 4.69) is 61.5 Å². The molecule has 3 aromatic heterocycles. The lowest BCUT2D eigenvalue weighted by Gasteiger charge is -2.20. The largest absolute Gasteiger partial charge is 0.357 e. The topological polar surface area (TPSA) is 119 Å². The number of fused-ring (bicyclic) bond motifs is 1. The van der Waals surface area contributed by atoms with Crippen molar-refractivity contribution in [1.29, 1.82) is 0 Å². The molecule has 4 rings (SSSR count). The summed E-state index contributed by atoms with van der Waals surface area (Å²) in [7, 11) is 1.84. The summed E-state index contributed by atoms with van der Waals surface area (Å²) in [6, 6.07) is 5.64. The van der Waals surface area contributed by atoms with E-state index in [9.17, 15) is 4.79 Å². The number of hydrogen-bond acceptors (Lipinski definition) is 8. The van der Waals surface area contributed by atoms with E-state index in [0.717, 1.165) is 24.6 Å². The van der Waals surface area contributed by atoms with Gasteiger partial charge in [0.25, 0.3) is 0 Å². The molecule has 1 amide bonds. The van der Waals surface area contributed by atoms with Gasteiger partial charge in [0.2, 0.25) is 11.6 Å². The summed E-state index contributed by atoms with van der Waals surface area (Å²) < 4.78 is 1.74. The zero-order chi connectivity index (χ0) is 23.7. The van der Waals surface area contributed by atoms with Crippen molar-refractivity contribution in [3.8, 4) is 11.5 Å². The van der Waals surface area contributed by atoms with Gasteiger partial charge in [-0.25, -0.2) is 15.0 Å². The minimum absolute atomic E-state index is 0.0112. The van der Waals surface area contributed by atoms with Gasteiger partial charge in [0.05, 0.1) is 11.4 Å². The summed E-state index contributed by atoms with van der Waals surface area (Å²) in [4.78, 5) is 33.5. The van der Waals surface area contributed by atoms with Crippen LogP contribution in [0.15, 0.2) is 39.9 Å². The molecule has 3 aromatic rings. The summed E-state index contributed by atoms with van der Waals surface area (Å²) >= 11 is 0. The zero-order valence-electron chi connectivity index (χ0n) is 19.2. The Morgan fingerprint density at radius 2 is 1.94 bits per heavy atom. The summed E-state index contributed by atoms with van der Waals surface area (Å²) in [5, 5.41) is 13.1. The van der Waals surface area contributed by atoms with Crippen molar-refractivity contribution in [3.05, 3.63) is 42.0 Å². The maximum absolute atomic E-state index is 12.5. The first-order valence-corrected chi connectivity index (χ1v) is 10.5. The molecule has 0 aromatic carbocycles. The molecule has 0 spiro atoms. The van der Waals surface area contributed by atoms with E-state index >= 15 is 0 Å². The van der Waals surface area contributed by atoms with Crippen LogP contribution in [0, 0.1) is 13.8 Å². The summed E-state index contributed by atoms with van der Waals surface area (Å²) in [6.07, 6.45) is 0. The van der Waals surface area contributed by atoms with Crippen molar-refractivity contribution in [2.75, 3.05) is 18.0 Å². The Balaban J connectivity index is 1.81. The van der Waals surface area contributed by atoms with E-state index in [1.54, 1.807) is 4.68 Å². The molecule has 1 aliphatic rings. The number of aromatic nitrogens is 6. The van der Waals surface area contributed by atoms with Gasteiger partial charge >= 0.3 is 5.91 Å². The highest BCUT2D eigenvalue weighted by molar-refractivity contribution is 6.71. The minimum Gasteiger partial charge on any atom is -0.357 e. The Morgan fingerprint density at radius 1 is 1.18 bits per heavy atom. The van der Waals surface area contributed by atoms with Crippen LogP contribution in [0.4, 0.5) is 11.5 Å². The fourth-order valence-electron chi connectivity index (χ4n) is 3.42. The summed E-state index contributed by atoms with van der Waals surface area (Å²) in [5.41, 5.74) is 3.14. The van der Waals surface area contributed by atoms with E-state index < -0.39 is 5.91 Å². The highest BCUT2D eigenvalue weighted by atomic mass is 16.1. The molecule has 11 nitrogen and oxygen atoms in total. The number of carbonyl (C=O) groups is 1. The molecular formula is C22H24N10O. The Bertz CT molecular complexity index is 1330. The smallest absolute Gasteiger partial charge is 0.307 e. The first-order chi connectivity index (χ1) is 15.9. The number of aryl methyl sites for hydroxylation is 3. The third kappa shape index (κ3) is 4.01. The van der Waals surface area contributed by atoms with Gasteiger partial charge in [0.15, 0.2) is 5.71 Å². The fourth-order valence-corrected chi connectivity index (χ4v) is 3.42. The molecule has 11 heteroatoms. The highest BCUT2D eigenvalue weighted by Crippen LogP contribution is 2.25. The second-order valence-corrected chi connectivity index (χ2v) is 7.37. The molecule has 1 aliphatic heterocycles. The first-order valence-electron chi connectivity index (χ1n) is 10.5. The van der Waals surface area contributed by atoms with Gasteiger partial charge in [-0.1, -0.05) is 0 Å². The first kappa shape index (κ1) is 22.0. The van der Waals surface area contributed by atoms with Crippen molar-refractivity contribution in [2.24, 2.45) is 22.1 Å². The normalized spacial score (nSPS) is 13.6. The van der Waals surface area contributed by atoms with Gasteiger partial charge < -0.3 is 4.90 Å². The van der Waals surface area contributed by atoms with Crippen molar-refractivity contribution < 1.29 is 4.79 Å². The number of amides is 1. The van der Waals surface area contributed by atoms with E-state index in [0.29, 0.717) is 28.7 Å². The SMILES string of the molecule is C=C=NC(=O)C1=Nn2nc(-c3cc(C)n(C)n3)nc2C1=Nc1ccc(N(CC)CC)nc1C. The van der Waals surface area contributed by atoms with Gasteiger partial charge in [-0.3, -0.25) is 9.48 Å². The van der Waals surface area contributed by atoms with Crippen LogP contribution in [-0.4, -0.2) is 65.9 Å². The van der Waals surface area contributed by atoms with Crippen LogP contribution in [0.1, 0.15) is 31.1 Å². The monoisotopic (exact) mass is 444 g/mol. The molecule has 0 saturated heterocycles. The molecule has 4 heterocycles. The molecule has 0 aliphatic carbocycles. The molecular weight excluding hydrogens is 420 g/mol. The molecule has 0 unspecified atom stereocenters. The molecule has 168 valence electrons. The second-order valence-electron chi connectivity index (χ2n) is 7.37. The third-order valence-electron chi connectivity index (χ3n) is 5.31. The van der Waals surface area contributed by atoms with Crippen LogP contribution in [0.25, 0.3) is 11.5 Å². The van der Waals surface area contributed by atoms with Crippen LogP contribution in [-0.2, 0) is 11.8 Å². The van der Waals surface area contributed by atoms with Crippen molar-refractivity contribution >= 4 is 34.7 Å². The average molecular weight is 445 g/mol. The number of aliphatic imine (C=N–C) groups is 2. The average Bonchev–Trinajstić information content (AvgIpc) is 3.44. The molecule has 0 bridgehead atoms. The molecule has 0 radical (unpaired) electrons. The molecule has 0 saturated carbocycles. The lowest BCUT2D eigenvalue weighted by Crippen LogP contribution is -2.23. The van der Waals surface area contributed by atoms with E-state index in [4.69, 9.17) is 4.99 Å². The molecule has 0 atom stereocenters. The van der Waals surface area contributed by atoms with Crippen molar-refractivity contribution in [3.63, 3.8) is 0 Å². The Labute approximate surface area is 190 Å². The van der Waals surface area contributed by atoms with Gasteiger partial charge in [-0.2, -0.15) is 10.1 Å².